The first kappa shape index (κ1) is 23.4. The molecule has 2 heterocycles. The molecule has 9 nitrogen and oxygen atoms in total. The topological polar surface area (TPSA) is 114 Å². The van der Waals surface area contributed by atoms with Gasteiger partial charge in [0.25, 0.3) is 0 Å². The van der Waals surface area contributed by atoms with Gasteiger partial charge in [-0.15, -0.1) is 24.0 Å². The van der Waals surface area contributed by atoms with E-state index in [1.165, 1.54) is 0 Å². The molecule has 0 amide bonds. The van der Waals surface area contributed by atoms with Crippen molar-refractivity contribution >= 4 is 40.0 Å². The van der Waals surface area contributed by atoms with Crippen molar-refractivity contribution in [3.63, 3.8) is 0 Å². The highest BCUT2D eigenvalue weighted by atomic mass is 127. The summed E-state index contributed by atoms with van der Waals surface area (Å²) in [5.74, 6) is 1.89. The zero-order valence-electron chi connectivity index (χ0n) is 15.9. The van der Waals surface area contributed by atoms with E-state index in [0.29, 0.717) is 31.5 Å². The number of hydrogen-bond donors (Lipinski definition) is 3. The van der Waals surface area contributed by atoms with Gasteiger partial charge in [-0.25, -0.2) is 23.1 Å². The van der Waals surface area contributed by atoms with E-state index in [2.05, 4.69) is 25.3 Å². The number of oxazole rings is 1. The molecule has 3 N–H and O–H groups in total. The highest BCUT2D eigenvalue weighted by Gasteiger charge is 2.14. The lowest BCUT2D eigenvalue weighted by Gasteiger charge is -2.11. The Labute approximate surface area is 177 Å². The van der Waals surface area contributed by atoms with Crippen molar-refractivity contribution in [3.05, 3.63) is 35.8 Å². The molecule has 0 aromatic carbocycles. The van der Waals surface area contributed by atoms with E-state index in [1.54, 1.807) is 30.1 Å². The summed E-state index contributed by atoms with van der Waals surface area (Å²) in [5, 5.41) is 6.17. The number of aromatic nitrogens is 2. The number of guanidine groups is 1. The zero-order valence-corrected chi connectivity index (χ0v) is 19.1. The number of rotatable bonds is 8. The van der Waals surface area contributed by atoms with Crippen LogP contribution < -0.4 is 15.4 Å². The number of aliphatic imine (C=N–C) groups is 1. The van der Waals surface area contributed by atoms with Crippen molar-refractivity contribution in [3.8, 4) is 0 Å². The smallest absolute Gasteiger partial charge is 0.242 e. The van der Waals surface area contributed by atoms with Gasteiger partial charge in [0.2, 0.25) is 15.9 Å². The summed E-state index contributed by atoms with van der Waals surface area (Å²) in [7, 11) is -1.73. The first-order chi connectivity index (χ1) is 12.3. The van der Waals surface area contributed by atoms with Crippen LogP contribution in [0.25, 0.3) is 0 Å². The van der Waals surface area contributed by atoms with Gasteiger partial charge < -0.3 is 19.6 Å². The molecule has 0 fully saturated rings. The third kappa shape index (κ3) is 7.14. The van der Waals surface area contributed by atoms with E-state index in [4.69, 9.17) is 4.42 Å². The largest absolute Gasteiger partial charge is 0.444 e. The number of halogens is 1. The van der Waals surface area contributed by atoms with Crippen LogP contribution in [-0.2, 0) is 23.6 Å². The molecule has 0 bridgehead atoms. The van der Waals surface area contributed by atoms with Gasteiger partial charge in [-0.2, -0.15) is 0 Å². The van der Waals surface area contributed by atoms with E-state index < -0.39 is 10.0 Å². The van der Waals surface area contributed by atoms with Crippen LogP contribution in [0, 0.1) is 13.8 Å². The van der Waals surface area contributed by atoms with Crippen LogP contribution in [0.2, 0.25) is 0 Å². The average Bonchev–Trinajstić information content (AvgIpc) is 3.15. The fraction of sp³-hybridized carbons (Fsp3) is 0.500. The van der Waals surface area contributed by atoms with Crippen molar-refractivity contribution in [2.45, 2.75) is 32.2 Å². The van der Waals surface area contributed by atoms with E-state index in [9.17, 15) is 8.42 Å². The summed E-state index contributed by atoms with van der Waals surface area (Å²) in [5.41, 5.74) is 0.850. The Hall–Kier alpha value is -1.60. The van der Waals surface area contributed by atoms with Gasteiger partial charge in [0, 0.05) is 39.1 Å². The molecule has 152 valence electrons. The quantitative estimate of drug-likeness (QED) is 0.214. The number of nitrogens with zero attached hydrogens (tertiary/aromatic N) is 3. The maximum atomic E-state index is 12.1. The lowest BCUT2D eigenvalue weighted by Crippen LogP contribution is -2.41. The van der Waals surface area contributed by atoms with Gasteiger partial charge >= 0.3 is 0 Å². The first-order valence-corrected chi connectivity index (χ1v) is 9.87. The average molecular weight is 510 g/mol. The van der Waals surface area contributed by atoms with Gasteiger partial charge in [0.1, 0.15) is 12.3 Å². The fourth-order valence-electron chi connectivity index (χ4n) is 2.18. The molecule has 0 saturated carbocycles. The molecule has 2 aromatic rings. The Bertz CT molecular complexity index is 840. The second-order valence-corrected chi connectivity index (χ2v) is 7.55. The Morgan fingerprint density at radius 1 is 1.30 bits per heavy atom. The molecule has 0 saturated heterocycles. The van der Waals surface area contributed by atoms with Crippen LogP contribution in [-0.4, -0.2) is 43.6 Å². The number of sulfonamides is 1. The molecular formula is C16H27IN6O3S. The van der Waals surface area contributed by atoms with Crippen molar-refractivity contribution in [1.29, 1.82) is 0 Å². The van der Waals surface area contributed by atoms with Gasteiger partial charge in [0.15, 0.2) is 5.96 Å². The van der Waals surface area contributed by atoms with Gasteiger partial charge in [0.05, 0.1) is 10.6 Å². The molecule has 0 radical (unpaired) electrons. The first-order valence-electron chi connectivity index (χ1n) is 8.38. The van der Waals surface area contributed by atoms with E-state index >= 15 is 0 Å². The monoisotopic (exact) mass is 510 g/mol. The minimum Gasteiger partial charge on any atom is -0.444 e. The third-order valence-corrected chi connectivity index (χ3v) is 5.06. The number of hydrogen-bond acceptors (Lipinski definition) is 5. The predicted molar refractivity (Wildman–Crippen MR) is 115 cm³/mol. The summed E-state index contributed by atoms with van der Waals surface area (Å²) >= 11 is 0. The standard InChI is InChI=1S/C16H26N6O3S.HI/c1-5-17-16(19-10-15-21-12(2)13(3)25-15)18-7-8-20-26(23,24)14-6-9-22(4)11-14;/h6,9,11,20H,5,7-8,10H2,1-4H3,(H2,17,18,19);1H. The zero-order chi connectivity index (χ0) is 19.2. The Kier molecular flexibility index (Phi) is 9.26. The van der Waals surface area contributed by atoms with E-state index in [1.807, 2.05) is 20.8 Å². The van der Waals surface area contributed by atoms with Gasteiger partial charge in [-0.1, -0.05) is 0 Å². The highest BCUT2D eigenvalue weighted by molar-refractivity contribution is 14.0. The normalized spacial score (nSPS) is 11.9. The van der Waals surface area contributed by atoms with Crippen LogP contribution >= 0.6 is 24.0 Å². The molecule has 11 heteroatoms. The molecule has 0 atom stereocenters. The third-order valence-electron chi connectivity index (χ3n) is 3.61. The summed E-state index contributed by atoms with van der Waals surface area (Å²) in [4.78, 5) is 8.92. The molecule has 0 spiro atoms. The van der Waals surface area contributed by atoms with Crippen molar-refractivity contribution in [2.24, 2.45) is 12.0 Å². The lowest BCUT2D eigenvalue weighted by atomic mass is 10.4. The SMILES string of the molecule is CCNC(=NCc1nc(C)c(C)o1)NCCNS(=O)(=O)c1ccn(C)c1.I. The highest BCUT2D eigenvalue weighted by Crippen LogP contribution is 2.09. The number of aryl methyl sites for hydroxylation is 3. The molecule has 0 aliphatic carbocycles. The molecular weight excluding hydrogens is 483 g/mol. The maximum absolute atomic E-state index is 12.1. The van der Waals surface area contributed by atoms with E-state index in [0.717, 1.165) is 11.5 Å². The van der Waals surface area contributed by atoms with Crippen molar-refractivity contribution in [2.75, 3.05) is 19.6 Å². The van der Waals surface area contributed by atoms with Crippen molar-refractivity contribution in [1.82, 2.24) is 24.9 Å². The van der Waals surface area contributed by atoms with Crippen LogP contribution in [0.4, 0.5) is 0 Å². The molecule has 0 unspecified atom stereocenters. The Morgan fingerprint density at radius 2 is 2.04 bits per heavy atom. The molecule has 2 aromatic heterocycles. The van der Waals surface area contributed by atoms with Crippen LogP contribution in [0.3, 0.4) is 0 Å². The second-order valence-electron chi connectivity index (χ2n) is 5.78. The molecule has 2 rings (SSSR count). The molecule has 0 aliphatic rings. The predicted octanol–water partition coefficient (Wildman–Crippen LogP) is 1.28. The van der Waals surface area contributed by atoms with Gasteiger partial charge in [-0.3, -0.25) is 0 Å². The molecule has 0 aliphatic heterocycles. The van der Waals surface area contributed by atoms with Crippen LogP contribution in [0.1, 0.15) is 24.3 Å². The molecule has 27 heavy (non-hydrogen) atoms. The lowest BCUT2D eigenvalue weighted by molar-refractivity contribution is 0.473. The summed E-state index contributed by atoms with van der Waals surface area (Å²) in [6.45, 7) is 7.31. The van der Waals surface area contributed by atoms with E-state index in [-0.39, 0.29) is 35.4 Å². The minimum absolute atomic E-state index is 0. The van der Waals surface area contributed by atoms with Crippen LogP contribution in [0.5, 0.6) is 0 Å². The van der Waals surface area contributed by atoms with Crippen molar-refractivity contribution < 1.29 is 12.8 Å². The second kappa shape index (κ2) is 10.7. The summed E-state index contributed by atoms with van der Waals surface area (Å²) in [6, 6.07) is 1.56. The van der Waals surface area contributed by atoms with Gasteiger partial charge in [-0.05, 0) is 26.8 Å². The maximum Gasteiger partial charge on any atom is 0.242 e. The Balaban J connectivity index is 0.00000364. The van der Waals surface area contributed by atoms with Crippen LogP contribution in [0.15, 0.2) is 32.8 Å². The summed E-state index contributed by atoms with van der Waals surface area (Å²) < 4.78 is 34.0. The number of nitrogens with one attached hydrogen (secondary N) is 3. The summed E-state index contributed by atoms with van der Waals surface area (Å²) in [6.07, 6.45) is 3.25. The minimum atomic E-state index is -3.50. The fourth-order valence-corrected chi connectivity index (χ4v) is 3.26. The Morgan fingerprint density at radius 3 is 2.59 bits per heavy atom.